The van der Waals surface area contributed by atoms with E-state index in [1.807, 2.05) is 13.8 Å². The number of anilines is 1. The molecule has 5 heteroatoms. The molecule has 78 valence electrons. The molecule has 0 fully saturated rings. The first-order valence-corrected chi connectivity index (χ1v) is 4.91. The number of rotatable bonds is 1. The maximum absolute atomic E-state index is 5.91. The summed E-state index contributed by atoms with van der Waals surface area (Å²) < 4.78 is 1.69. The molecule has 1 aromatic heterocycles. The van der Waals surface area contributed by atoms with Crippen molar-refractivity contribution in [3.05, 3.63) is 34.9 Å². The summed E-state index contributed by atoms with van der Waals surface area (Å²) in [5.74, 6) is 1.51. The van der Waals surface area contributed by atoms with Crippen molar-refractivity contribution in [2.75, 3.05) is 5.73 Å². The second-order valence-corrected chi connectivity index (χ2v) is 3.76. The highest BCUT2D eigenvalue weighted by molar-refractivity contribution is 6.30. The zero-order valence-corrected chi connectivity index (χ0v) is 9.28. The Labute approximate surface area is 92.7 Å². The van der Waals surface area contributed by atoms with Crippen molar-refractivity contribution in [1.29, 1.82) is 0 Å². The lowest BCUT2D eigenvalue weighted by molar-refractivity contribution is 0.833. The number of aromatic nitrogens is 3. The molecule has 0 amide bonds. The highest BCUT2D eigenvalue weighted by Gasteiger charge is 2.08. The lowest BCUT2D eigenvalue weighted by Crippen LogP contribution is -2.03. The predicted octanol–water partition coefficient (Wildman–Crippen LogP) is 2.12. The van der Waals surface area contributed by atoms with E-state index in [1.165, 1.54) is 0 Å². The molecule has 15 heavy (non-hydrogen) atoms. The lowest BCUT2D eigenvalue weighted by Gasteiger charge is -2.06. The van der Waals surface area contributed by atoms with Crippen LogP contribution >= 0.6 is 11.6 Å². The number of hydrogen-bond donors (Lipinski definition) is 1. The summed E-state index contributed by atoms with van der Waals surface area (Å²) in [5, 5.41) is 4.88. The SMILES string of the molecule is Cc1nc(C)n(-c2cc(Cl)ccc2N)n1. The highest BCUT2D eigenvalue weighted by atomic mass is 35.5. The van der Waals surface area contributed by atoms with Gasteiger partial charge in [-0.3, -0.25) is 0 Å². The van der Waals surface area contributed by atoms with Gasteiger partial charge in [-0.1, -0.05) is 11.6 Å². The van der Waals surface area contributed by atoms with Crippen molar-refractivity contribution in [3.8, 4) is 5.69 Å². The van der Waals surface area contributed by atoms with E-state index in [1.54, 1.807) is 22.9 Å². The van der Waals surface area contributed by atoms with Gasteiger partial charge in [0.25, 0.3) is 0 Å². The summed E-state index contributed by atoms with van der Waals surface area (Å²) >= 11 is 5.91. The van der Waals surface area contributed by atoms with E-state index < -0.39 is 0 Å². The van der Waals surface area contributed by atoms with E-state index in [9.17, 15) is 0 Å². The smallest absolute Gasteiger partial charge is 0.148 e. The van der Waals surface area contributed by atoms with Crippen molar-refractivity contribution in [1.82, 2.24) is 14.8 Å². The van der Waals surface area contributed by atoms with Crippen LogP contribution in [0, 0.1) is 13.8 Å². The van der Waals surface area contributed by atoms with Gasteiger partial charge in [-0.15, -0.1) is 0 Å². The van der Waals surface area contributed by atoms with Crippen LogP contribution in [0.1, 0.15) is 11.6 Å². The average molecular weight is 223 g/mol. The van der Waals surface area contributed by atoms with Gasteiger partial charge in [-0.2, -0.15) is 5.10 Å². The summed E-state index contributed by atoms with van der Waals surface area (Å²) in [4.78, 5) is 4.21. The van der Waals surface area contributed by atoms with E-state index >= 15 is 0 Å². The van der Waals surface area contributed by atoms with Gasteiger partial charge in [-0.05, 0) is 32.0 Å². The Morgan fingerprint density at radius 1 is 1.33 bits per heavy atom. The van der Waals surface area contributed by atoms with E-state index in [4.69, 9.17) is 17.3 Å². The number of nitrogens with zero attached hydrogens (tertiary/aromatic N) is 3. The molecule has 0 atom stereocenters. The van der Waals surface area contributed by atoms with Crippen LogP contribution in [0.5, 0.6) is 0 Å². The number of halogens is 1. The molecule has 2 rings (SSSR count). The molecule has 0 aliphatic carbocycles. The third kappa shape index (κ3) is 1.80. The summed E-state index contributed by atoms with van der Waals surface area (Å²) in [6, 6.07) is 5.28. The van der Waals surface area contributed by atoms with E-state index in [0.29, 0.717) is 16.5 Å². The minimum atomic E-state index is 0.631. The zero-order valence-electron chi connectivity index (χ0n) is 8.53. The Morgan fingerprint density at radius 3 is 2.67 bits per heavy atom. The Bertz CT molecular complexity index is 504. The van der Waals surface area contributed by atoms with Gasteiger partial charge < -0.3 is 5.73 Å². The molecule has 2 N–H and O–H groups in total. The fourth-order valence-corrected chi connectivity index (χ4v) is 1.62. The topological polar surface area (TPSA) is 56.7 Å². The van der Waals surface area contributed by atoms with Crippen molar-refractivity contribution in [2.24, 2.45) is 0 Å². The maximum Gasteiger partial charge on any atom is 0.148 e. The van der Waals surface area contributed by atoms with Gasteiger partial charge in [0.15, 0.2) is 0 Å². The second-order valence-electron chi connectivity index (χ2n) is 3.32. The quantitative estimate of drug-likeness (QED) is 0.752. The van der Waals surface area contributed by atoms with Crippen molar-refractivity contribution in [2.45, 2.75) is 13.8 Å². The summed E-state index contributed by atoms with van der Waals surface area (Å²) in [6.07, 6.45) is 0. The molecule has 0 aliphatic rings. The van der Waals surface area contributed by atoms with E-state index in [-0.39, 0.29) is 0 Å². The van der Waals surface area contributed by atoms with Crippen LogP contribution in [0.2, 0.25) is 5.02 Å². The molecule has 0 unspecified atom stereocenters. The fourth-order valence-electron chi connectivity index (χ4n) is 1.45. The monoisotopic (exact) mass is 222 g/mol. The van der Waals surface area contributed by atoms with Gasteiger partial charge in [-0.25, -0.2) is 9.67 Å². The Kier molecular flexibility index (Phi) is 2.36. The zero-order chi connectivity index (χ0) is 11.0. The minimum absolute atomic E-state index is 0.631. The molecule has 0 spiro atoms. The predicted molar refractivity (Wildman–Crippen MR) is 60.3 cm³/mol. The number of nitrogen functional groups attached to an aromatic ring is 1. The third-order valence-electron chi connectivity index (χ3n) is 2.10. The normalized spacial score (nSPS) is 10.6. The largest absolute Gasteiger partial charge is 0.397 e. The Balaban J connectivity index is 2.62. The Morgan fingerprint density at radius 2 is 2.07 bits per heavy atom. The highest BCUT2D eigenvalue weighted by Crippen LogP contribution is 2.22. The summed E-state index contributed by atoms with van der Waals surface area (Å²) in [6.45, 7) is 3.71. The number of hydrogen-bond acceptors (Lipinski definition) is 3. The summed E-state index contributed by atoms with van der Waals surface area (Å²) in [5.41, 5.74) is 7.25. The van der Waals surface area contributed by atoms with Crippen molar-refractivity contribution < 1.29 is 0 Å². The van der Waals surface area contributed by atoms with Gasteiger partial charge in [0.05, 0.1) is 11.4 Å². The first kappa shape index (κ1) is 9.98. The fraction of sp³-hybridized carbons (Fsp3) is 0.200. The molecule has 0 saturated heterocycles. The standard InChI is InChI=1S/C10H11ClN4/c1-6-13-7(2)15(14-6)10-5-8(11)3-4-9(10)12/h3-5H,12H2,1-2H3. The van der Waals surface area contributed by atoms with Crippen LogP contribution in [0.3, 0.4) is 0 Å². The second kappa shape index (κ2) is 3.55. The molecule has 0 radical (unpaired) electrons. The van der Waals surface area contributed by atoms with Crippen molar-refractivity contribution >= 4 is 17.3 Å². The minimum Gasteiger partial charge on any atom is -0.397 e. The van der Waals surface area contributed by atoms with Gasteiger partial charge in [0.2, 0.25) is 0 Å². The van der Waals surface area contributed by atoms with Crippen LogP contribution in [-0.2, 0) is 0 Å². The van der Waals surface area contributed by atoms with Crippen molar-refractivity contribution in [3.63, 3.8) is 0 Å². The molecular formula is C10H11ClN4. The number of aryl methyl sites for hydroxylation is 2. The molecular weight excluding hydrogens is 212 g/mol. The maximum atomic E-state index is 5.91. The van der Waals surface area contributed by atoms with Crippen LogP contribution < -0.4 is 5.73 Å². The van der Waals surface area contributed by atoms with Gasteiger partial charge >= 0.3 is 0 Å². The number of benzene rings is 1. The summed E-state index contributed by atoms with van der Waals surface area (Å²) in [7, 11) is 0. The first-order chi connectivity index (χ1) is 7.08. The van der Waals surface area contributed by atoms with Crippen LogP contribution in [-0.4, -0.2) is 14.8 Å². The van der Waals surface area contributed by atoms with Crippen LogP contribution in [0.15, 0.2) is 18.2 Å². The molecule has 2 aromatic rings. The molecule has 1 heterocycles. The van der Waals surface area contributed by atoms with E-state index in [2.05, 4.69) is 10.1 Å². The van der Waals surface area contributed by atoms with Crippen LogP contribution in [0.4, 0.5) is 5.69 Å². The number of nitrogens with two attached hydrogens (primary N) is 1. The van der Waals surface area contributed by atoms with Gasteiger partial charge in [0.1, 0.15) is 11.6 Å². The molecule has 1 aromatic carbocycles. The lowest BCUT2D eigenvalue weighted by atomic mass is 10.3. The molecule has 4 nitrogen and oxygen atoms in total. The molecule has 0 saturated carbocycles. The average Bonchev–Trinajstić information content (AvgIpc) is 2.50. The Hall–Kier alpha value is -1.55. The van der Waals surface area contributed by atoms with Crippen LogP contribution in [0.25, 0.3) is 5.69 Å². The van der Waals surface area contributed by atoms with Gasteiger partial charge in [0, 0.05) is 5.02 Å². The molecule has 0 bridgehead atoms. The molecule has 0 aliphatic heterocycles. The third-order valence-corrected chi connectivity index (χ3v) is 2.33. The van der Waals surface area contributed by atoms with E-state index in [0.717, 1.165) is 11.5 Å². The first-order valence-electron chi connectivity index (χ1n) is 4.53.